The summed E-state index contributed by atoms with van der Waals surface area (Å²) in [6, 6.07) is 60.8. The highest BCUT2D eigenvalue weighted by atomic mass is 32.1. The third-order valence-corrected chi connectivity index (χ3v) is 10.8. The van der Waals surface area contributed by atoms with Gasteiger partial charge in [0.15, 0.2) is 17.5 Å². The van der Waals surface area contributed by atoms with Crippen LogP contribution in [0.5, 0.6) is 0 Å². The standard InChI is InChI=1S/C46H29N5S/c1-5-16-30(17-6-1)34-28-29-36-35-24-15-25-37(45-49-43(31-18-7-2-8-19-31)48-44(50-45)32-20-9-3-10-21-32)41(35)52-42(36)40(34)46-47-38-26-13-14-27-39(38)51(46)33-22-11-4-12-23-33/h1-29H. The van der Waals surface area contributed by atoms with Crippen molar-refractivity contribution < 1.29 is 0 Å². The predicted molar refractivity (Wildman–Crippen MR) is 215 cm³/mol. The number of hydrogen-bond donors (Lipinski definition) is 0. The minimum atomic E-state index is 0.645. The van der Waals surface area contributed by atoms with E-state index in [2.05, 4.69) is 120 Å². The Balaban J connectivity index is 1.28. The highest BCUT2D eigenvalue weighted by Gasteiger charge is 2.24. The molecule has 10 aromatic rings. The second-order valence-electron chi connectivity index (χ2n) is 12.6. The Bertz CT molecular complexity index is 2820. The number of benzene rings is 7. The number of rotatable bonds is 6. The van der Waals surface area contributed by atoms with Gasteiger partial charge in [-0.25, -0.2) is 19.9 Å². The molecule has 0 spiro atoms. The SMILES string of the molecule is c1ccc(-c2nc(-c3ccccc3)nc(-c3cccc4c3sc3c(-c5nc6ccccc6n5-c5ccccc5)c(-c5ccccc5)ccc34)n2)cc1. The molecular weight excluding hydrogens is 655 g/mol. The van der Waals surface area contributed by atoms with E-state index in [1.54, 1.807) is 11.3 Å². The van der Waals surface area contributed by atoms with Gasteiger partial charge in [0.2, 0.25) is 0 Å². The number of fused-ring (bicyclic) bond motifs is 4. The third-order valence-electron chi connectivity index (χ3n) is 9.49. The van der Waals surface area contributed by atoms with Crippen molar-refractivity contribution in [3.8, 4) is 62.4 Å². The molecule has 0 unspecified atom stereocenters. The van der Waals surface area contributed by atoms with Crippen LogP contribution >= 0.6 is 11.3 Å². The highest BCUT2D eigenvalue weighted by Crippen LogP contribution is 2.47. The lowest BCUT2D eigenvalue weighted by atomic mass is 9.96. The normalized spacial score (nSPS) is 11.5. The van der Waals surface area contributed by atoms with E-state index in [0.717, 1.165) is 70.7 Å². The molecule has 7 aromatic carbocycles. The highest BCUT2D eigenvalue weighted by molar-refractivity contribution is 7.27. The Morgan fingerprint density at radius 2 is 0.942 bits per heavy atom. The molecule has 52 heavy (non-hydrogen) atoms. The van der Waals surface area contributed by atoms with E-state index >= 15 is 0 Å². The molecule has 6 heteroatoms. The zero-order valence-corrected chi connectivity index (χ0v) is 28.7. The molecule has 0 bridgehead atoms. The molecule has 0 aliphatic carbocycles. The summed E-state index contributed by atoms with van der Waals surface area (Å²) in [6.07, 6.45) is 0. The van der Waals surface area contributed by atoms with Gasteiger partial charge in [-0.15, -0.1) is 11.3 Å². The molecule has 0 saturated carbocycles. The van der Waals surface area contributed by atoms with Crippen LogP contribution in [0.2, 0.25) is 0 Å². The molecular formula is C46H29N5S. The van der Waals surface area contributed by atoms with Crippen molar-refractivity contribution in [2.24, 2.45) is 0 Å². The van der Waals surface area contributed by atoms with Crippen molar-refractivity contribution in [1.29, 1.82) is 0 Å². The Kier molecular flexibility index (Phi) is 7.25. The smallest absolute Gasteiger partial charge is 0.165 e. The summed E-state index contributed by atoms with van der Waals surface area (Å²) >= 11 is 1.78. The van der Waals surface area contributed by atoms with E-state index < -0.39 is 0 Å². The van der Waals surface area contributed by atoms with Gasteiger partial charge in [-0.1, -0.05) is 146 Å². The lowest BCUT2D eigenvalue weighted by Crippen LogP contribution is -2.00. The largest absolute Gasteiger partial charge is 0.292 e. The fraction of sp³-hybridized carbons (Fsp3) is 0. The second kappa shape index (κ2) is 12.5. The minimum Gasteiger partial charge on any atom is -0.292 e. The number of para-hydroxylation sites is 3. The van der Waals surface area contributed by atoms with Gasteiger partial charge in [0.1, 0.15) is 5.82 Å². The van der Waals surface area contributed by atoms with E-state index in [9.17, 15) is 0 Å². The number of nitrogens with zero attached hydrogens (tertiary/aromatic N) is 5. The molecule has 0 atom stereocenters. The lowest BCUT2D eigenvalue weighted by molar-refractivity contribution is 1.08. The van der Waals surface area contributed by atoms with Crippen LogP contribution < -0.4 is 0 Å². The first kappa shape index (κ1) is 30.1. The average Bonchev–Trinajstić information content (AvgIpc) is 3.80. The quantitative estimate of drug-likeness (QED) is 0.175. The van der Waals surface area contributed by atoms with Crippen LogP contribution in [0.15, 0.2) is 176 Å². The molecule has 5 nitrogen and oxygen atoms in total. The molecule has 0 fully saturated rings. The molecule has 3 aromatic heterocycles. The van der Waals surface area contributed by atoms with Gasteiger partial charge in [-0.2, -0.15) is 0 Å². The number of thiophene rings is 1. The molecule has 0 aliphatic rings. The van der Waals surface area contributed by atoms with E-state index in [1.165, 1.54) is 5.39 Å². The summed E-state index contributed by atoms with van der Waals surface area (Å²) in [5, 5.41) is 2.33. The van der Waals surface area contributed by atoms with Crippen LogP contribution in [0.1, 0.15) is 0 Å². The monoisotopic (exact) mass is 683 g/mol. The average molecular weight is 684 g/mol. The van der Waals surface area contributed by atoms with Gasteiger partial charge in [0, 0.05) is 48.1 Å². The van der Waals surface area contributed by atoms with Crippen molar-refractivity contribution in [3.05, 3.63) is 176 Å². The summed E-state index contributed by atoms with van der Waals surface area (Å²) in [4.78, 5) is 20.6. The molecule has 0 aliphatic heterocycles. The van der Waals surface area contributed by atoms with Crippen LogP contribution in [-0.2, 0) is 0 Å². The number of hydrogen-bond acceptors (Lipinski definition) is 5. The summed E-state index contributed by atoms with van der Waals surface area (Å²) in [5.41, 5.74) is 9.31. The molecule has 0 amide bonds. The molecule has 0 N–H and O–H groups in total. The Morgan fingerprint density at radius 1 is 0.385 bits per heavy atom. The predicted octanol–water partition coefficient (Wildman–Crippen LogP) is 11.9. The Labute approximate surface area is 304 Å². The summed E-state index contributed by atoms with van der Waals surface area (Å²) < 4.78 is 4.58. The fourth-order valence-electron chi connectivity index (χ4n) is 7.08. The van der Waals surface area contributed by atoms with E-state index in [-0.39, 0.29) is 0 Å². The van der Waals surface area contributed by atoms with Crippen LogP contribution in [0.4, 0.5) is 0 Å². The van der Waals surface area contributed by atoms with E-state index in [1.807, 2.05) is 60.7 Å². The van der Waals surface area contributed by atoms with E-state index in [0.29, 0.717) is 17.5 Å². The van der Waals surface area contributed by atoms with Crippen molar-refractivity contribution in [1.82, 2.24) is 24.5 Å². The number of imidazole rings is 1. The molecule has 10 rings (SSSR count). The maximum Gasteiger partial charge on any atom is 0.165 e. The Hall–Kier alpha value is -6.76. The first-order valence-electron chi connectivity index (χ1n) is 17.2. The molecule has 0 radical (unpaired) electrons. The van der Waals surface area contributed by atoms with Crippen molar-refractivity contribution in [2.45, 2.75) is 0 Å². The van der Waals surface area contributed by atoms with Gasteiger partial charge in [0.25, 0.3) is 0 Å². The minimum absolute atomic E-state index is 0.645. The maximum atomic E-state index is 5.37. The first-order chi connectivity index (χ1) is 25.8. The van der Waals surface area contributed by atoms with Gasteiger partial charge in [-0.05, 0) is 41.5 Å². The summed E-state index contributed by atoms with van der Waals surface area (Å²) in [5.74, 6) is 2.84. The van der Waals surface area contributed by atoms with Gasteiger partial charge >= 0.3 is 0 Å². The zero-order valence-electron chi connectivity index (χ0n) is 27.9. The van der Waals surface area contributed by atoms with Gasteiger partial charge in [-0.3, -0.25) is 4.57 Å². The van der Waals surface area contributed by atoms with Crippen molar-refractivity contribution in [2.75, 3.05) is 0 Å². The van der Waals surface area contributed by atoms with Gasteiger partial charge < -0.3 is 0 Å². The number of aromatic nitrogens is 5. The fourth-order valence-corrected chi connectivity index (χ4v) is 8.43. The van der Waals surface area contributed by atoms with Crippen LogP contribution in [0, 0.1) is 0 Å². The molecule has 0 saturated heterocycles. The summed E-state index contributed by atoms with van der Waals surface area (Å²) in [7, 11) is 0. The second-order valence-corrected chi connectivity index (χ2v) is 13.7. The van der Waals surface area contributed by atoms with Crippen LogP contribution in [0.3, 0.4) is 0 Å². The zero-order chi connectivity index (χ0) is 34.4. The lowest BCUT2D eigenvalue weighted by Gasteiger charge is -2.14. The summed E-state index contributed by atoms with van der Waals surface area (Å²) in [6.45, 7) is 0. The topological polar surface area (TPSA) is 56.5 Å². The first-order valence-corrected chi connectivity index (χ1v) is 18.1. The molecule has 244 valence electrons. The third kappa shape index (κ3) is 5.08. The van der Waals surface area contributed by atoms with Crippen molar-refractivity contribution >= 4 is 42.5 Å². The van der Waals surface area contributed by atoms with Crippen LogP contribution in [-0.4, -0.2) is 24.5 Å². The van der Waals surface area contributed by atoms with Crippen molar-refractivity contribution in [3.63, 3.8) is 0 Å². The van der Waals surface area contributed by atoms with Gasteiger partial charge in [0.05, 0.1) is 11.0 Å². The maximum absolute atomic E-state index is 5.37. The Morgan fingerprint density at radius 3 is 1.62 bits per heavy atom. The molecule has 3 heterocycles. The van der Waals surface area contributed by atoms with E-state index in [4.69, 9.17) is 19.9 Å². The van der Waals surface area contributed by atoms with Crippen LogP contribution in [0.25, 0.3) is 93.6 Å².